The maximum absolute atomic E-state index is 12.1. The fraction of sp³-hybridized carbons (Fsp3) is 0.273. The average Bonchev–Trinajstić information content (AvgIpc) is 2.71. The van der Waals surface area contributed by atoms with Crippen LogP contribution in [0.4, 0.5) is 0 Å². The molecule has 2 rings (SSSR count). The molecule has 2 aromatic rings. The Labute approximate surface area is 159 Å². The lowest BCUT2D eigenvalue weighted by molar-refractivity contribution is -0.137. The molecule has 142 valence electrons. The smallest absolute Gasteiger partial charge is 0.343 e. The second-order valence-corrected chi connectivity index (χ2v) is 5.86. The van der Waals surface area contributed by atoms with Gasteiger partial charge in [0.25, 0.3) is 0 Å². The van der Waals surface area contributed by atoms with E-state index in [0.29, 0.717) is 30.3 Å². The molecule has 0 atom stereocenters. The summed E-state index contributed by atoms with van der Waals surface area (Å²) < 4.78 is 15.9. The number of hydrogen-bond acceptors (Lipinski definition) is 5. The molecule has 0 fully saturated rings. The van der Waals surface area contributed by atoms with E-state index >= 15 is 0 Å². The minimum atomic E-state index is -0.398. The van der Waals surface area contributed by atoms with Gasteiger partial charge in [-0.3, -0.25) is 0 Å². The molecule has 5 nitrogen and oxygen atoms in total. The largest absolute Gasteiger partial charge is 0.494 e. The van der Waals surface area contributed by atoms with Gasteiger partial charge in [0.05, 0.1) is 18.8 Å². The second-order valence-electron chi connectivity index (χ2n) is 5.86. The van der Waals surface area contributed by atoms with Crippen molar-refractivity contribution in [3.8, 4) is 11.5 Å². The summed E-state index contributed by atoms with van der Waals surface area (Å²) in [5.74, 6) is 0.451. The van der Waals surface area contributed by atoms with Crippen LogP contribution in [0.1, 0.15) is 36.0 Å². The Hall–Kier alpha value is -3.08. The Balaban J connectivity index is 1.62. The SMILES string of the molecule is C=CC(=O)OCCCCCCOc1ccc(C(=O)Oc2ccccc2)cc1. The van der Waals surface area contributed by atoms with Crippen LogP contribution >= 0.6 is 0 Å². The highest BCUT2D eigenvalue weighted by Crippen LogP contribution is 2.16. The Bertz CT molecular complexity index is 722. The molecule has 0 amide bonds. The highest BCUT2D eigenvalue weighted by molar-refractivity contribution is 5.91. The van der Waals surface area contributed by atoms with Gasteiger partial charge in [-0.2, -0.15) is 0 Å². The van der Waals surface area contributed by atoms with Gasteiger partial charge in [0.15, 0.2) is 0 Å². The number of hydrogen-bond donors (Lipinski definition) is 0. The van der Waals surface area contributed by atoms with E-state index in [0.717, 1.165) is 25.7 Å². The molecule has 0 saturated heterocycles. The molecule has 0 bridgehead atoms. The number of para-hydroxylation sites is 1. The Morgan fingerprint density at radius 2 is 1.48 bits per heavy atom. The van der Waals surface area contributed by atoms with Crippen LogP contribution in [-0.2, 0) is 9.53 Å². The summed E-state index contributed by atoms with van der Waals surface area (Å²) in [6, 6.07) is 15.9. The van der Waals surface area contributed by atoms with Gasteiger partial charge < -0.3 is 14.2 Å². The topological polar surface area (TPSA) is 61.8 Å². The minimum absolute atomic E-state index is 0.380. The van der Waals surface area contributed by atoms with E-state index in [-0.39, 0.29) is 5.97 Å². The number of benzene rings is 2. The molecule has 5 heteroatoms. The molecule has 0 radical (unpaired) electrons. The molecule has 0 aliphatic heterocycles. The minimum Gasteiger partial charge on any atom is -0.494 e. The van der Waals surface area contributed by atoms with E-state index in [2.05, 4.69) is 6.58 Å². The van der Waals surface area contributed by atoms with Crippen molar-refractivity contribution < 1.29 is 23.8 Å². The third-order valence-electron chi connectivity index (χ3n) is 3.76. The monoisotopic (exact) mass is 368 g/mol. The van der Waals surface area contributed by atoms with Crippen molar-refractivity contribution in [2.24, 2.45) is 0 Å². The first-order chi connectivity index (χ1) is 13.2. The summed E-state index contributed by atoms with van der Waals surface area (Å²) in [4.78, 5) is 22.9. The summed E-state index contributed by atoms with van der Waals surface area (Å²) in [7, 11) is 0. The third kappa shape index (κ3) is 7.77. The Kier molecular flexibility index (Phi) is 8.63. The zero-order valence-corrected chi connectivity index (χ0v) is 15.3. The molecule has 0 heterocycles. The highest BCUT2D eigenvalue weighted by Gasteiger charge is 2.08. The normalized spacial score (nSPS) is 10.1. The van der Waals surface area contributed by atoms with Gasteiger partial charge in [-0.25, -0.2) is 9.59 Å². The van der Waals surface area contributed by atoms with Crippen LogP contribution in [0, 0.1) is 0 Å². The molecule has 0 N–H and O–H groups in total. The molecule has 0 aliphatic rings. The first kappa shape index (κ1) is 20.2. The highest BCUT2D eigenvalue weighted by atomic mass is 16.5. The van der Waals surface area contributed by atoms with Gasteiger partial charge >= 0.3 is 11.9 Å². The molecular formula is C22H24O5. The zero-order chi connectivity index (χ0) is 19.3. The lowest BCUT2D eigenvalue weighted by Gasteiger charge is -2.08. The van der Waals surface area contributed by atoms with E-state index in [1.807, 2.05) is 18.2 Å². The maximum atomic E-state index is 12.1. The van der Waals surface area contributed by atoms with Crippen molar-refractivity contribution >= 4 is 11.9 Å². The lowest BCUT2D eigenvalue weighted by Crippen LogP contribution is -2.08. The lowest BCUT2D eigenvalue weighted by atomic mass is 10.2. The van der Waals surface area contributed by atoms with Crippen molar-refractivity contribution in [3.05, 3.63) is 72.8 Å². The molecule has 2 aromatic carbocycles. The number of carbonyl (C=O) groups excluding carboxylic acids is 2. The predicted molar refractivity (Wildman–Crippen MR) is 103 cm³/mol. The van der Waals surface area contributed by atoms with Crippen LogP contribution < -0.4 is 9.47 Å². The second kappa shape index (κ2) is 11.5. The van der Waals surface area contributed by atoms with Crippen LogP contribution in [0.2, 0.25) is 0 Å². The summed E-state index contributed by atoms with van der Waals surface area (Å²) in [6.07, 6.45) is 4.87. The van der Waals surface area contributed by atoms with E-state index in [4.69, 9.17) is 14.2 Å². The summed E-state index contributed by atoms with van der Waals surface area (Å²) in [5, 5.41) is 0. The quantitative estimate of drug-likeness (QED) is 0.252. The standard InChI is InChI=1S/C22H24O5/c1-2-21(23)26-17-9-4-3-8-16-25-19-14-12-18(13-15-19)22(24)27-20-10-6-5-7-11-20/h2,5-7,10-15H,1,3-4,8-9,16-17H2. The van der Waals surface area contributed by atoms with Crippen LogP contribution in [-0.4, -0.2) is 25.2 Å². The fourth-order valence-electron chi connectivity index (χ4n) is 2.32. The van der Waals surface area contributed by atoms with Gasteiger partial charge in [0.2, 0.25) is 0 Å². The molecule has 0 aliphatic carbocycles. The van der Waals surface area contributed by atoms with Crippen molar-refractivity contribution in [1.82, 2.24) is 0 Å². The van der Waals surface area contributed by atoms with Gasteiger partial charge in [-0.05, 0) is 62.1 Å². The van der Waals surface area contributed by atoms with Gasteiger partial charge in [-0.15, -0.1) is 0 Å². The van der Waals surface area contributed by atoms with Crippen molar-refractivity contribution in [2.75, 3.05) is 13.2 Å². The van der Waals surface area contributed by atoms with Crippen molar-refractivity contribution in [1.29, 1.82) is 0 Å². The number of ether oxygens (including phenoxy) is 3. The van der Waals surface area contributed by atoms with Crippen LogP contribution in [0.5, 0.6) is 11.5 Å². The molecular weight excluding hydrogens is 344 g/mol. The summed E-state index contributed by atoms with van der Waals surface area (Å²) in [5.41, 5.74) is 0.472. The van der Waals surface area contributed by atoms with Crippen LogP contribution in [0.15, 0.2) is 67.3 Å². The van der Waals surface area contributed by atoms with E-state index in [1.54, 1.807) is 36.4 Å². The van der Waals surface area contributed by atoms with Crippen molar-refractivity contribution in [2.45, 2.75) is 25.7 Å². The molecule has 0 aromatic heterocycles. The van der Waals surface area contributed by atoms with Gasteiger partial charge in [0.1, 0.15) is 11.5 Å². The fourth-order valence-corrected chi connectivity index (χ4v) is 2.32. The maximum Gasteiger partial charge on any atom is 0.343 e. The first-order valence-corrected chi connectivity index (χ1v) is 8.98. The molecule has 0 spiro atoms. The first-order valence-electron chi connectivity index (χ1n) is 8.98. The van der Waals surface area contributed by atoms with E-state index < -0.39 is 5.97 Å². The zero-order valence-electron chi connectivity index (χ0n) is 15.3. The van der Waals surface area contributed by atoms with E-state index in [9.17, 15) is 9.59 Å². The van der Waals surface area contributed by atoms with Crippen LogP contribution in [0.25, 0.3) is 0 Å². The average molecular weight is 368 g/mol. The number of rotatable bonds is 11. The van der Waals surface area contributed by atoms with Crippen LogP contribution in [0.3, 0.4) is 0 Å². The number of esters is 2. The van der Waals surface area contributed by atoms with Gasteiger partial charge in [-0.1, -0.05) is 24.8 Å². The number of unbranched alkanes of at least 4 members (excludes halogenated alkanes) is 3. The Morgan fingerprint density at radius 1 is 0.815 bits per heavy atom. The van der Waals surface area contributed by atoms with E-state index in [1.165, 1.54) is 6.08 Å². The Morgan fingerprint density at radius 3 is 2.15 bits per heavy atom. The molecule has 0 saturated carbocycles. The summed E-state index contributed by atoms with van der Waals surface area (Å²) in [6.45, 7) is 4.37. The van der Waals surface area contributed by atoms with Gasteiger partial charge in [0, 0.05) is 6.08 Å². The number of carbonyl (C=O) groups is 2. The summed E-state index contributed by atoms with van der Waals surface area (Å²) >= 11 is 0. The third-order valence-corrected chi connectivity index (χ3v) is 3.76. The van der Waals surface area contributed by atoms with Crippen molar-refractivity contribution in [3.63, 3.8) is 0 Å². The molecule has 0 unspecified atom stereocenters. The predicted octanol–water partition coefficient (Wildman–Crippen LogP) is 4.57. The molecule has 27 heavy (non-hydrogen) atoms.